The molecule has 0 unspecified atom stereocenters. The summed E-state index contributed by atoms with van der Waals surface area (Å²) in [7, 11) is 0. The average molecular weight is 319 g/mol. The lowest BCUT2D eigenvalue weighted by Crippen LogP contribution is -2.03. The van der Waals surface area contributed by atoms with Gasteiger partial charge in [-0.15, -0.1) is 0 Å². The lowest BCUT2D eigenvalue weighted by Gasteiger charge is -2.04. The predicted molar refractivity (Wildman–Crippen MR) is 90.8 cm³/mol. The molecule has 1 aliphatic carbocycles. The van der Waals surface area contributed by atoms with Crippen molar-refractivity contribution in [2.24, 2.45) is 0 Å². The second-order valence-corrected chi connectivity index (χ2v) is 6.26. The van der Waals surface area contributed by atoms with Gasteiger partial charge in [0.2, 0.25) is 0 Å². The number of anilines is 1. The number of aryl methyl sites for hydroxylation is 1. The number of hydrogen-bond acceptors (Lipinski definition) is 5. The molecule has 0 radical (unpaired) electrons. The Hall–Kier alpha value is -2.96. The fraction of sp³-hybridized carbons (Fsp3) is 0.294. The molecule has 0 spiro atoms. The van der Waals surface area contributed by atoms with Crippen molar-refractivity contribution < 1.29 is 0 Å². The van der Waals surface area contributed by atoms with Gasteiger partial charge in [0.25, 0.3) is 0 Å². The van der Waals surface area contributed by atoms with Crippen LogP contribution in [0.15, 0.2) is 37.1 Å². The summed E-state index contributed by atoms with van der Waals surface area (Å²) in [6, 6.07) is 6.66. The molecule has 1 aliphatic rings. The quantitative estimate of drug-likeness (QED) is 0.626. The van der Waals surface area contributed by atoms with E-state index in [0.717, 1.165) is 28.3 Å². The molecule has 0 aliphatic heterocycles. The largest absolute Gasteiger partial charge is 0.362 e. The topological polar surface area (TPSA) is 72.9 Å². The van der Waals surface area contributed by atoms with Crippen molar-refractivity contribution in [2.75, 3.05) is 5.32 Å². The highest BCUT2D eigenvalue weighted by Gasteiger charge is 2.26. The summed E-state index contributed by atoms with van der Waals surface area (Å²) in [6.45, 7) is 2.67. The first kappa shape index (κ1) is 13.5. The van der Waals surface area contributed by atoms with Crippen LogP contribution in [-0.4, -0.2) is 28.9 Å². The molecule has 4 aromatic heterocycles. The van der Waals surface area contributed by atoms with Gasteiger partial charge in [0, 0.05) is 17.9 Å². The van der Waals surface area contributed by atoms with Crippen LogP contribution in [0.25, 0.3) is 16.8 Å². The van der Waals surface area contributed by atoms with Crippen molar-refractivity contribution in [1.82, 2.24) is 28.9 Å². The Kier molecular flexibility index (Phi) is 2.82. The van der Waals surface area contributed by atoms with Gasteiger partial charge in [0.15, 0.2) is 11.5 Å². The van der Waals surface area contributed by atoms with Crippen LogP contribution >= 0.6 is 0 Å². The summed E-state index contributed by atoms with van der Waals surface area (Å²) in [5.74, 6) is 0.758. The Balaban J connectivity index is 1.45. The van der Waals surface area contributed by atoms with Crippen LogP contribution in [0.5, 0.6) is 0 Å². The Labute approximate surface area is 138 Å². The Morgan fingerprint density at radius 1 is 1.21 bits per heavy atom. The number of hydrogen-bond donors (Lipinski definition) is 1. The zero-order chi connectivity index (χ0) is 16.1. The van der Waals surface area contributed by atoms with Crippen molar-refractivity contribution >= 4 is 22.6 Å². The Bertz CT molecular complexity index is 1040. The van der Waals surface area contributed by atoms with Crippen LogP contribution in [-0.2, 0) is 6.54 Å². The van der Waals surface area contributed by atoms with Crippen LogP contribution in [0, 0.1) is 6.92 Å². The highest BCUT2D eigenvalue weighted by molar-refractivity contribution is 5.82. The molecule has 0 bridgehead atoms. The van der Waals surface area contributed by atoms with Gasteiger partial charge in [0.05, 0.1) is 18.6 Å². The normalized spacial score (nSPS) is 14.5. The molecule has 4 aromatic rings. The number of fused-ring (bicyclic) bond motifs is 2. The van der Waals surface area contributed by atoms with Gasteiger partial charge in [-0.3, -0.25) is 0 Å². The van der Waals surface area contributed by atoms with E-state index in [1.807, 2.05) is 18.5 Å². The molecule has 24 heavy (non-hydrogen) atoms. The Morgan fingerprint density at radius 2 is 2.12 bits per heavy atom. The summed E-state index contributed by atoms with van der Waals surface area (Å²) in [4.78, 5) is 17.9. The van der Waals surface area contributed by atoms with E-state index in [4.69, 9.17) is 0 Å². The molecular weight excluding hydrogens is 302 g/mol. The van der Waals surface area contributed by atoms with Gasteiger partial charge in [-0.25, -0.2) is 19.9 Å². The molecule has 7 nitrogen and oxygen atoms in total. The maximum atomic E-state index is 4.64. The van der Waals surface area contributed by atoms with Crippen molar-refractivity contribution in [3.63, 3.8) is 0 Å². The highest BCUT2D eigenvalue weighted by Crippen LogP contribution is 2.37. The Morgan fingerprint density at radius 3 is 2.96 bits per heavy atom. The summed E-state index contributed by atoms with van der Waals surface area (Å²) in [6.07, 6.45) is 7.94. The third-order valence-corrected chi connectivity index (χ3v) is 4.48. The van der Waals surface area contributed by atoms with Crippen molar-refractivity contribution in [1.29, 1.82) is 0 Å². The van der Waals surface area contributed by atoms with Crippen molar-refractivity contribution in [2.45, 2.75) is 32.4 Å². The summed E-state index contributed by atoms with van der Waals surface area (Å²) >= 11 is 0. The number of imidazole rings is 2. The molecule has 7 heteroatoms. The minimum absolute atomic E-state index is 0.555. The van der Waals surface area contributed by atoms with Gasteiger partial charge < -0.3 is 14.3 Å². The second kappa shape index (κ2) is 5.02. The third-order valence-electron chi connectivity index (χ3n) is 4.48. The van der Waals surface area contributed by atoms with Gasteiger partial charge in [0.1, 0.15) is 17.5 Å². The number of nitrogens with zero attached hydrogens (tertiary/aromatic N) is 6. The van der Waals surface area contributed by atoms with E-state index in [-0.39, 0.29) is 0 Å². The van der Waals surface area contributed by atoms with E-state index in [2.05, 4.69) is 53.4 Å². The van der Waals surface area contributed by atoms with Crippen LogP contribution in [0.4, 0.5) is 5.82 Å². The molecule has 0 saturated heterocycles. The molecule has 0 amide bonds. The summed E-state index contributed by atoms with van der Waals surface area (Å²) < 4.78 is 4.24. The van der Waals surface area contributed by atoms with Crippen LogP contribution in [0.2, 0.25) is 0 Å². The SMILES string of the molecule is Cc1cccc2nc(CNc3ncnc4c3ncn4C3CC3)cn12. The van der Waals surface area contributed by atoms with Gasteiger partial charge in [-0.05, 0) is 31.9 Å². The number of pyridine rings is 1. The second-order valence-electron chi connectivity index (χ2n) is 6.26. The standard InChI is InChI=1S/C17H17N7/c1-11-3-2-4-14-22-12(8-23(11)14)7-18-16-15-17(20-9-19-16)24(10-21-15)13-5-6-13/h2-4,8-10,13H,5-7H2,1H3,(H,18,19,20). The molecule has 1 saturated carbocycles. The summed E-state index contributed by atoms with van der Waals surface area (Å²) in [5.41, 5.74) is 4.82. The van der Waals surface area contributed by atoms with Crippen LogP contribution in [0.1, 0.15) is 30.3 Å². The smallest absolute Gasteiger partial charge is 0.165 e. The zero-order valence-electron chi connectivity index (χ0n) is 13.3. The van der Waals surface area contributed by atoms with Crippen molar-refractivity contribution in [3.8, 4) is 0 Å². The maximum absolute atomic E-state index is 4.64. The fourth-order valence-electron chi connectivity index (χ4n) is 3.06. The third kappa shape index (κ3) is 2.12. The molecule has 120 valence electrons. The average Bonchev–Trinajstić information content (AvgIpc) is 3.19. The fourth-order valence-corrected chi connectivity index (χ4v) is 3.06. The molecule has 0 atom stereocenters. The zero-order valence-corrected chi connectivity index (χ0v) is 13.3. The minimum atomic E-state index is 0.555. The first-order valence-electron chi connectivity index (χ1n) is 8.14. The van der Waals surface area contributed by atoms with E-state index >= 15 is 0 Å². The van der Waals surface area contributed by atoms with E-state index in [1.54, 1.807) is 6.33 Å². The molecule has 1 N–H and O–H groups in total. The monoisotopic (exact) mass is 319 g/mol. The lowest BCUT2D eigenvalue weighted by molar-refractivity contribution is 0.756. The highest BCUT2D eigenvalue weighted by atomic mass is 15.2. The molecule has 0 aromatic carbocycles. The van der Waals surface area contributed by atoms with Gasteiger partial charge >= 0.3 is 0 Å². The maximum Gasteiger partial charge on any atom is 0.165 e. The lowest BCUT2D eigenvalue weighted by atomic mass is 10.4. The predicted octanol–water partition coefficient (Wildman–Crippen LogP) is 2.73. The first-order chi connectivity index (χ1) is 11.8. The minimum Gasteiger partial charge on any atom is -0.362 e. The van der Waals surface area contributed by atoms with Gasteiger partial charge in [-0.1, -0.05) is 6.07 Å². The first-order valence-corrected chi connectivity index (χ1v) is 8.14. The van der Waals surface area contributed by atoms with E-state index < -0.39 is 0 Å². The number of nitrogens with one attached hydrogen (secondary N) is 1. The van der Waals surface area contributed by atoms with E-state index in [1.165, 1.54) is 18.5 Å². The van der Waals surface area contributed by atoms with Crippen molar-refractivity contribution in [3.05, 3.63) is 48.4 Å². The van der Waals surface area contributed by atoms with E-state index in [0.29, 0.717) is 12.6 Å². The van der Waals surface area contributed by atoms with Crippen LogP contribution < -0.4 is 5.32 Å². The van der Waals surface area contributed by atoms with Crippen LogP contribution in [0.3, 0.4) is 0 Å². The number of rotatable bonds is 4. The molecule has 4 heterocycles. The molecular formula is C17H17N7. The number of aromatic nitrogens is 6. The summed E-state index contributed by atoms with van der Waals surface area (Å²) in [5, 5.41) is 3.35. The van der Waals surface area contributed by atoms with Gasteiger partial charge in [-0.2, -0.15) is 0 Å². The van der Waals surface area contributed by atoms with E-state index in [9.17, 15) is 0 Å². The molecule has 5 rings (SSSR count). The molecule has 1 fully saturated rings.